The number of nitrogens with one attached hydrogen (secondary N) is 2. The van der Waals surface area contributed by atoms with Crippen molar-refractivity contribution >= 4 is 23.5 Å². The van der Waals surface area contributed by atoms with Crippen molar-refractivity contribution in [1.29, 1.82) is 0 Å². The van der Waals surface area contributed by atoms with Crippen molar-refractivity contribution in [2.75, 3.05) is 0 Å². The van der Waals surface area contributed by atoms with Gasteiger partial charge in [-0.15, -0.1) is 5.48 Å². The van der Waals surface area contributed by atoms with Crippen molar-refractivity contribution in [2.45, 2.75) is 19.0 Å². The summed E-state index contributed by atoms with van der Waals surface area (Å²) in [6.07, 6.45) is 0. The molecule has 24 heavy (non-hydrogen) atoms. The Morgan fingerprint density at radius 2 is 1.79 bits per heavy atom. The number of rotatable bonds is 4. The van der Waals surface area contributed by atoms with Crippen molar-refractivity contribution in [2.24, 2.45) is 5.92 Å². The highest BCUT2D eigenvalue weighted by atomic mass is 35.5. The second-order valence-electron chi connectivity index (χ2n) is 5.70. The zero-order valence-corrected chi connectivity index (χ0v) is 13.8. The first-order valence-corrected chi connectivity index (χ1v) is 8.02. The summed E-state index contributed by atoms with van der Waals surface area (Å²) >= 11 is 6.24. The molecule has 0 saturated carbocycles. The van der Waals surface area contributed by atoms with Crippen LogP contribution in [-0.2, 0) is 9.63 Å². The minimum Gasteiger partial charge on any atom is -0.366 e. The van der Waals surface area contributed by atoms with Gasteiger partial charge in [0, 0.05) is 5.02 Å². The summed E-state index contributed by atoms with van der Waals surface area (Å²) in [5, 5.41) is 3.45. The van der Waals surface area contributed by atoms with Gasteiger partial charge in [-0.05, 0) is 23.8 Å². The summed E-state index contributed by atoms with van der Waals surface area (Å²) in [4.78, 5) is 29.3. The first-order valence-electron chi connectivity index (χ1n) is 7.64. The third-order valence-electron chi connectivity index (χ3n) is 4.15. The van der Waals surface area contributed by atoms with Crippen molar-refractivity contribution in [3.05, 3.63) is 70.7 Å². The molecule has 2 aromatic carbocycles. The van der Waals surface area contributed by atoms with Gasteiger partial charge in [0.15, 0.2) is 0 Å². The summed E-state index contributed by atoms with van der Waals surface area (Å²) in [6, 6.07) is 15.2. The molecule has 6 heteroatoms. The summed E-state index contributed by atoms with van der Waals surface area (Å²) in [6.45, 7) is 1.78. The molecular formula is C18H17ClN2O3. The van der Waals surface area contributed by atoms with Crippen LogP contribution in [-0.4, -0.2) is 17.9 Å². The van der Waals surface area contributed by atoms with Crippen LogP contribution in [0.25, 0.3) is 0 Å². The fraction of sp³-hybridized carbons (Fsp3) is 0.222. The second kappa shape index (κ2) is 7.03. The monoisotopic (exact) mass is 344 g/mol. The van der Waals surface area contributed by atoms with Crippen molar-refractivity contribution in [3.8, 4) is 0 Å². The predicted octanol–water partition coefficient (Wildman–Crippen LogP) is 2.88. The molecule has 2 N–H and O–H groups in total. The van der Waals surface area contributed by atoms with Crippen LogP contribution in [0.15, 0.2) is 54.6 Å². The molecule has 0 spiro atoms. The van der Waals surface area contributed by atoms with E-state index in [0.29, 0.717) is 10.6 Å². The number of hydroxylamine groups is 1. The van der Waals surface area contributed by atoms with Gasteiger partial charge in [0.05, 0.1) is 23.6 Å². The summed E-state index contributed by atoms with van der Waals surface area (Å²) in [5.41, 5.74) is 3.96. The number of hydrogen-bond donors (Lipinski definition) is 2. The Hall–Kier alpha value is -2.37. The molecular weight excluding hydrogens is 328 g/mol. The van der Waals surface area contributed by atoms with Gasteiger partial charge in [-0.1, -0.05) is 54.9 Å². The van der Waals surface area contributed by atoms with E-state index in [4.69, 9.17) is 16.4 Å². The number of carbonyl (C=O) groups excluding carboxylic acids is 2. The lowest BCUT2D eigenvalue weighted by Crippen LogP contribution is -2.39. The molecule has 2 aromatic rings. The quantitative estimate of drug-likeness (QED) is 0.837. The van der Waals surface area contributed by atoms with E-state index in [-0.39, 0.29) is 17.9 Å². The van der Waals surface area contributed by atoms with Crippen molar-refractivity contribution in [1.82, 2.24) is 10.8 Å². The Morgan fingerprint density at radius 1 is 1.12 bits per heavy atom. The van der Waals surface area contributed by atoms with E-state index >= 15 is 0 Å². The number of carbonyl (C=O) groups is 2. The average molecular weight is 345 g/mol. The molecule has 3 atom stereocenters. The fourth-order valence-electron chi connectivity index (χ4n) is 2.75. The molecule has 1 aliphatic rings. The summed E-state index contributed by atoms with van der Waals surface area (Å²) in [7, 11) is 0. The van der Waals surface area contributed by atoms with Crippen LogP contribution in [0, 0.1) is 5.92 Å². The van der Waals surface area contributed by atoms with Gasteiger partial charge in [-0.3, -0.25) is 4.79 Å². The van der Waals surface area contributed by atoms with E-state index in [1.807, 2.05) is 24.3 Å². The molecule has 0 aromatic heterocycles. The highest BCUT2D eigenvalue weighted by Crippen LogP contribution is 2.32. The van der Waals surface area contributed by atoms with E-state index in [1.165, 1.54) is 0 Å². The SMILES string of the molecule is C[C@H]1C(=O)NC(c2ccccc2Cl)C1NOC(=O)c1ccccc1. The first kappa shape index (κ1) is 16.5. The van der Waals surface area contributed by atoms with Crippen LogP contribution in [0.2, 0.25) is 5.02 Å². The topological polar surface area (TPSA) is 67.4 Å². The Kier molecular flexibility index (Phi) is 4.83. The molecule has 5 nitrogen and oxygen atoms in total. The molecule has 0 radical (unpaired) electrons. The van der Waals surface area contributed by atoms with Crippen LogP contribution in [0.5, 0.6) is 0 Å². The zero-order valence-electron chi connectivity index (χ0n) is 13.0. The van der Waals surface area contributed by atoms with Gasteiger partial charge >= 0.3 is 5.97 Å². The standard InChI is InChI=1S/C18H17ClN2O3/c1-11-15(21-24-18(23)12-7-3-2-4-8-12)16(20-17(11)22)13-9-5-6-10-14(13)19/h2-11,15-16,21H,1H3,(H,20,22)/t11-,15?,16?/m1/s1. The Labute approximate surface area is 144 Å². The second-order valence-corrected chi connectivity index (χ2v) is 6.10. The molecule has 1 heterocycles. The van der Waals surface area contributed by atoms with Gasteiger partial charge in [0.1, 0.15) is 0 Å². The van der Waals surface area contributed by atoms with E-state index in [2.05, 4.69) is 10.8 Å². The Morgan fingerprint density at radius 3 is 2.50 bits per heavy atom. The smallest absolute Gasteiger partial charge is 0.356 e. The Balaban J connectivity index is 1.76. The largest absolute Gasteiger partial charge is 0.366 e. The van der Waals surface area contributed by atoms with Gasteiger partial charge < -0.3 is 10.2 Å². The molecule has 0 aliphatic carbocycles. The molecule has 3 rings (SSSR count). The number of halogens is 1. The minimum absolute atomic E-state index is 0.117. The van der Waals surface area contributed by atoms with Crippen LogP contribution in [0.4, 0.5) is 0 Å². The van der Waals surface area contributed by atoms with Gasteiger partial charge in [0.25, 0.3) is 0 Å². The van der Waals surface area contributed by atoms with Crippen LogP contribution in [0.1, 0.15) is 28.9 Å². The van der Waals surface area contributed by atoms with E-state index in [1.54, 1.807) is 37.3 Å². The van der Waals surface area contributed by atoms with E-state index < -0.39 is 12.0 Å². The molecule has 1 aliphatic heterocycles. The molecule has 1 saturated heterocycles. The fourth-order valence-corrected chi connectivity index (χ4v) is 3.00. The molecule has 1 fully saturated rings. The van der Waals surface area contributed by atoms with Crippen LogP contribution < -0.4 is 10.8 Å². The molecule has 2 unspecified atom stereocenters. The third kappa shape index (κ3) is 3.27. The van der Waals surface area contributed by atoms with Crippen molar-refractivity contribution in [3.63, 3.8) is 0 Å². The lowest BCUT2D eigenvalue weighted by Gasteiger charge is -2.22. The van der Waals surface area contributed by atoms with E-state index in [9.17, 15) is 9.59 Å². The lowest BCUT2D eigenvalue weighted by atomic mass is 9.95. The van der Waals surface area contributed by atoms with E-state index in [0.717, 1.165) is 5.56 Å². The number of benzene rings is 2. The molecule has 124 valence electrons. The maximum Gasteiger partial charge on any atom is 0.356 e. The normalized spacial score (nSPS) is 22.9. The number of amides is 1. The zero-order chi connectivity index (χ0) is 17.1. The molecule has 1 amide bonds. The van der Waals surface area contributed by atoms with Gasteiger partial charge in [-0.25, -0.2) is 4.79 Å². The predicted molar refractivity (Wildman–Crippen MR) is 90.3 cm³/mol. The number of hydrogen-bond acceptors (Lipinski definition) is 4. The average Bonchev–Trinajstić information content (AvgIpc) is 2.88. The maximum atomic E-state index is 12.1. The van der Waals surface area contributed by atoms with Crippen molar-refractivity contribution < 1.29 is 14.4 Å². The summed E-state index contributed by atoms with van der Waals surface area (Å²) in [5.74, 6) is -0.983. The molecule has 0 bridgehead atoms. The maximum absolute atomic E-state index is 12.1. The first-order chi connectivity index (χ1) is 11.6. The Bertz CT molecular complexity index is 751. The minimum atomic E-state index is -0.500. The van der Waals surface area contributed by atoms with Gasteiger partial charge in [0.2, 0.25) is 5.91 Å². The van der Waals surface area contributed by atoms with Crippen LogP contribution >= 0.6 is 11.6 Å². The third-order valence-corrected chi connectivity index (χ3v) is 4.49. The highest BCUT2D eigenvalue weighted by Gasteiger charge is 2.41. The lowest BCUT2D eigenvalue weighted by molar-refractivity contribution is -0.122. The summed E-state index contributed by atoms with van der Waals surface area (Å²) < 4.78 is 0. The van der Waals surface area contributed by atoms with Gasteiger partial charge in [-0.2, -0.15) is 0 Å². The highest BCUT2D eigenvalue weighted by molar-refractivity contribution is 6.31. The van der Waals surface area contributed by atoms with Crippen LogP contribution in [0.3, 0.4) is 0 Å².